The van der Waals surface area contributed by atoms with Crippen molar-refractivity contribution in [2.75, 3.05) is 12.5 Å². The first-order valence-electron chi connectivity index (χ1n) is 4.83. The second-order valence-corrected chi connectivity index (χ2v) is 3.40. The van der Waals surface area contributed by atoms with Gasteiger partial charge in [0.05, 0.1) is 6.61 Å². The largest absolute Gasteiger partial charge is 0.450 e. The van der Waals surface area contributed by atoms with E-state index in [0.29, 0.717) is 25.5 Å². The molecule has 1 aromatic rings. The first kappa shape index (κ1) is 11.9. The van der Waals surface area contributed by atoms with Crippen molar-refractivity contribution in [1.29, 1.82) is 0 Å². The number of benzene rings is 1. The Hall–Kier alpha value is -1.22. The van der Waals surface area contributed by atoms with Crippen molar-refractivity contribution in [1.82, 2.24) is 5.32 Å². The maximum Gasteiger partial charge on any atom is 0.407 e. The Labute approximate surface area is 94.4 Å². The van der Waals surface area contributed by atoms with Gasteiger partial charge in [0.1, 0.15) is 0 Å². The predicted octanol–water partition coefficient (Wildman–Crippen LogP) is 2.54. The third-order valence-electron chi connectivity index (χ3n) is 1.79. The second-order valence-electron chi connectivity index (χ2n) is 3.02. The van der Waals surface area contributed by atoms with Crippen molar-refractivity contribution in [2.45, 2.75) is 13.0 Å². The quantitative estimate of drug-likeness (QED) is 0.620. The summed E-state index contributed by atoms with van der Waals surface area (Å²) in [6.45, 7) is 0.852. The summed E-state index contributed by atoms with van der Waals surface area (Å²) in [5, 5.41) is 2.65. The molecule has 4 heteroatoms. The molecule has 0 unspecified atom stereocenters. The van der Waals surface area contributed by atoms with Crippen LogP contribution in [0.5, 0.6) is 0 Å². The first-order valence-corrected chi connectivity index (χ1v) is 5.37. The zero-order valence-electron chi connectivity index (χ0n) is 8.41. The zero-order valence-corrected chi connectivity index (χ0v) is 9.17. The number of amides is 1. The van der Waals surface area contributed by atoms with Gasteiger partial charge in [0, 0.05) is 12.4 Å². The molecule has 0 bridgehead atoms. The van der Waals surface area contributed by atoms with Crippen LogP contribution >= 0.6 is 11.6 Å². The van der Waals surface area contributed by atoms with Gasteiger partial charge < -0.3 is 10.1 Å². The lowest BCUT2D eigenvalue weighted by molar-refractivity contribution is 0.146. The van der Waals surface area contributed by atoms with E-state index >= 15 is 0 Å². The highest BCUT2D eigenvalue weighted by Crippen LogP contribution is 1.97. The molecule has 0 aliphatic carbocycles. The van der Waals surface area contributed by atoms with Crippen LogP contribution in [0.25, 0.3) is 0 Å². The molecule has 0 saturated carbocycles. The number of ether oxygens (including phenoxy) is 1. The van der Waals surface area contributed by atoms with E-state index in [1.165, 1.54) is 0 Å². The van der Waals surface area contributed by atoms with Crippen molar-refractivity contribution in [3.63, 3.8) is 0 Å². The van der Waals surface area contributed by atoms with Crippen LogP contribution in [0.2, 0.25) is 0 Å². The van der Waals surface area contributed by atoms with Gasteiger partial charge in [-0.1, -0.05) is 30.3 Å². The molecule has 0 spiro atoms. The van der Waals surface area contributed by atoms with Crippen LogP contribution in [0, 0.1) is 0 Å². The van der Waals surface area contributed by atoms with Crippen molar-refractivity contribution < 1.29 is 9.53 Å². The Bertz CT molecular complexity index is 290. The maximum atomic E-state index is 11.1. The van der Waals surface area contributed by atoms with Crippen molar-refractivity contribution >= 4 is 17.7 Å². The van der Waals surface area contributed by atoms with E-state index in [9.17, 15) is 4.79 Å². The maximum absolute atomic E-state index is 11.1. The molecule has 0 aliphatic heterocycles. The normalized spacial score (nSPS) is 9.67. The molecule has 0 radical (unpaired) electrons. The van der Waals surface area contributed by atoms with Gasteiger partial charge in [-0.2, -0.15) is 0 Å². The Balaban J connectivity index is 2.17. The van der Waals surface area contributed by atoms with Gasteiger partial charge in [-0.25, -0.2) is 4.79 Å². The van der Waals surface area contributed by atoms with Crippen LogP contribution < -0.4 is 5.32 Å². The minimum Gasteiger partial charge on any atom is -0.450 e. The Morgan fingerprint density at radius 3 is 2.73 bits per heavy atom. The molecule has 0 heterocycles. The topological polar surface area (TPSA) is 38.3 Å². The van der Waals surface area contributed by atoms with Crippen molar-refractivity contribution in [3.05, 3.63) is 35.9 Å². The summed E-state index contributed by atoms with van der Waals surface area (Å²) in [4.78, 5) is 11.1. The summed E-state index contributed by atoms with van der Waals surface area (Å²) in [5.41, 5.74) is 1.05. The fourth-order valence-corrected chi connectivity index (χ4v) is 1.15. The van der Waals surface area contributed by atoms with E-state index < -0.39 is 6.09 Å². The molecule has 0 saturated heterocycles. The smallest absolute Gasteiger partial charge is 0.407 e. The van der Waals surface area contributed by atoms with Gasteiger partial charge in [-0.05, 0) is 12.0 Å². The number of halogens is 1. The summed E-state index contributed by atoms with van der Waals surface area (Å²) in [6, 6.07) is 9.67. The van der Waals surface area contributed by atoms with Gasteiger partial charge in [0.25, 0.3) is 0 Å². The lowest BCUT2D eigenvalue weighted by Gasteiger charge is -2.05. The van der Waals surface area contributed by atoms with E-state index in [2.05, 4.69) is 5.32 Å². The van der Waals surface area contributed by atoms with Crippen molar-refractivity contribution in [3.8, 4) is 0 Å². The Morgan fingerprint density at radius 1 is 1.33 bits per heavy atom. The van der Waals surface area contributed by atoms with E-state index in [1.807, 2.05) is 30.3 Å². The number of carbonyl (C=O) groups is 1. The summed E-state index contributed by atoms with van der Waals surface area (Å²) in [6.07, 6.45) is 0.282. The molecule has 1 aromatic carbocycles. The minimum atomic E-state index is -0.399. The molecule has 0 aliphatic rings. The van der Waals surface area contributed by atoms with Crippen LogP contribution in [0.4, 0.5) is 4.79 Å². The second kappa shape index (κ2) is 7.12. The van der Waals surface area contributed by atoms with E-state index in [0.717, 1.165) is 5.56 Å². The number of alkyl halides is 1. The van der Waals surface area contributed by atoms with Gasteiger partial charge >= 0.3 is 6.09 Å². The Morgan fingerprint density at radius 2 is 2.07 bits per heavy atom. The Kier molecular flexibility index (Phi) is 5.63. The molecule has 1 N–H and O–H groups in total. The third-order valence-corrected chi connectivity index (χ3v) is 2.06. The highest BCUT2D eigenvalue weighted by atomic mass is 35.5. The molecule has 1 rings (SSSR count). The summed E-state index contributed by atoms with van der Waals surface area (Å²) < 4.78 is 4.87. The van der Waals surface area contributed by atoms with Gasteiger partial charge in [0.15, 0.2) is 0 Å². The fraction of sp³-hybridized carbons (Fsp3) is 0.364. The molecule has 1 amide bonds. The molecule has 0 fully saturated rings. The van der Waals surface area contributed by atoms with Gasteiger partial charge in [0.2, 0.25) is 0 Å². The van der Waals surface area contributed by atoms with E-state index in [-0.39, 0.29) is 0 Å². The standard InChI is InChI=1S/C11H14ClNO2/c12-7-4-8-15-11(14)13-9-10-5-2-1-3-6-10/h1-3,5-6H,4,7-9H2,(H,13,14). The third kappa shape index (κ3) is 5.27. The average molecular weight is 228 g/mol. The van der Waals surface area contributed by atoms with Gasteiger partial charge in [-0.15, -0.1) is 11.6 Å². The summed E-state index contributed by atoms with van der Waals surface area (Å²) in [7, 11) is 0. The van der Waals surface area contributed by atoms with Crippen LogP contribution in [0.3, 0.4) is 0 Å². The molecule has 0 atom stereocenters. The first-order chi connectivity index (χ1) is 7.33. The van der Waals surface area contributed by atoms with Crippen molar-refractivity contribution in [2.24, 2.45) is 0 Å². The lowest BCUT2D eigenvalue weighted by atomic mass is 10.2. The summed E-state index contributed by atoms with van der Waals surface area (Å²) >= 11 is 5.45. The number of nitrogens with one attached hydrogen (secondary N) is 1. The van der Waals surface area contributed by atoms with E-state index in [4.69, 9.17) is 16.3 Å². The van der Waals surface area contributed by atoms with Crippen LogP contribution in [0.1, 0.15) is 12.0 Å². The fourth-order valence-electron chi connectivity index (χ4n) is 1.04. The monoisotopic (exact) mass is 227 g/mol. The number of rotatable bonds is 5. The average Bonchev–Trinajstić information content (AvgIpc) is 2.28. The van der Waals surface area contributed by atoms with E-state index in [1.54, 1.807) is 0 Å². The highest BCUT2D eigenvalue weighted by Gasteiger charge is 2.00. The molecule has 15 heavy (non-hydrogen) atoms. The number of hydrogen-bond donors (Lipinski definition) is 1. The molecule has 0 aromatic heterocycles. The number of alkyl carbamates (subject to hydrolysis) is 1. The molecule has 82 valence electrons. The minimum absolute atomic E-state index is 0.365. The zero-order chi connectivity index (χ0) is 10.9. The van der Waals surface area contributed by atoms with Crippen LogP contribution in [0.15, 0.2) is 30.3 Å². The van der Waals surface area contributed by atoms with Crippen LogP contribution in [-0.4, -0.2) is 18.6 Å². The summed E-state index contributed by atoms with van der Waals surface area (Å²) in [5.74, 6) is 0.506. The SMILES string of the molecule is O=C(NCc1ccccc1)OCCCCl. The molecule has 3 nitrogen and oxygen atoms in total. The molecular weight excluding hydrogens is 214 g/mol. The lowest BCUT2D eigenvalue weighted by Crippen LogP contribution is -2.24. The van der Waals surface area contributed by atoms with Crippen LogP contribution in [-0.2, 0) is 11.3 Å². The predicted molar refractivity (Wildman–Crippen MR) is 60.0 cm³/mol. The number of carbonyl (C=O) groups excluding carboxylic acids is 1. The molecular formula is C11H14ClNO2. The van der Waals surface area contributed by atoms with Gasteiger partial charge in [-0.3, -0.25) is 0 Å². The highest BCUT2D eigenvalue weighted by molar-refractivity contribution is 6.17. The number of hydrogen-bond acceptors (Lipinski definition) is 2.